The molecule has 3 aromatic heterocycles. The lowest BCUT2D eigenvalue weighted by atomic mass is 10.1. The van der Waals surface area contributed by atoms with Gasteiger partial charge in [0.25, 0.3) is 0 Å². The number of nitrogens with one attached hydrogen (secondary N) is 1. The Morgan fingerprint density at radius 2 is 2.26 bits per heavy atom. The van der Waals surface area contributed by atoms with Crippen molar-refractivity contribution in [3.05, 3.63) is 66.6 Å². The van der Waals surface area contributed by atoms with E-state index in [9.17, 15) is 4.79 Å². The Labute approximate surface area is 133 Å². The second-order valence-corrected chi connectivity index (χ2v) is 5.05. The lowest BCUT2D eigenvalue weighted by Crippen LogP contribution is -2.20. The smallest absolute Gasteiger partial charge is 0.244 e. The lowest BCUT2D eigenvalue weighted by molar-refractivity contribution is -0.116. The van der Waals surface area contributed by atoms with E-state index in [0.717, 1.165) is 16.7 Å². The maximum absolute atomic E-state index is 11.8. The molecular weight excluding hydrogens is 292 g/mol. The van der Waals surface area contributed by atoms with Crippen molar-refractivity contribution in [2.24, 2.45) is 7.05 Å². The molecule has 0 atom stereocenters. The monoisotopic (exact) mass is 308 g/mol. The van der Waals surface area contributed by atoms with Crippen LogP contribution in [0.1, 0.15) is 11.3 Å². The summed E-state index contributed by atoms with van der Waals surface area (Å²) in [5.74, 6) is 0.452. The van der Waals surface area contributed by atoms with Crippen molar-refractivity contribution in [1.29, 1.82) is 0 Å². The van der Waals surface area contributed by atoms with Crippen LogP contribution < -0.4 is 5.32 Å². The Bertz CT molecular complexity index is 819. The molecule has 0 saturated heterocycles. The van der Waals surface area contributed by atoms with Crippen LogP contribution in [0.25, 0.3) is 17.2 Å². The molecule has 23 heavy (non-hydrogen) atoms. The number of aryl methyl sites for hydroxylation is 1. The fraction of sp³-hybridized carbons (Fsp3) is 0.118. The third-order valence-corrected chi connectivity index (χ3v) is 3.24. The summed E-state index contributed by atoms with van der Waals surface area (Å²) < 4.78 is 6.87. The van der Waals surface area contributed by atoms with Crippen molar-refractivity contribution in [1.82, 2.24) is 20.1 Å². The number of hydrogen-bond acceptors (Lipinski definition) is 4. The molecule has 0 aromatic carbocycles. The average molecular weight is 308 g/mol. The van der Waals surface area contributed by atoms with E-state index in [1.807, 2.05) is 19.3 Å². The molecule has 6 nitrogen and oxygen atoms in total. The summed E-state index contributed by atoms with van der Waals surface area (Å²) >= 11 is 0. The molecule has 0 bridgehead atoms. The van der Waals surface area contributed by atoms with Gasteiger partial charge in [-0.1, -0.05) is 0 Å². The van der Waals surface area contributed by atoms with Gasteiger partial charge in [-0.05, 0) is 29.8 Å². The minimum absolute atomic E-state index is 0.187. The van der Waals surface area contributed by atoms with Crippen LogP contribution in [-0.4, -0.2) is 20.7 Å². The molecule has 6 heteroatoms. The van der Waals surface area contributed by atoms with Crippen molar-refractivity contribution >= 4 is 12.0 Å². The van der Waals surface area contributed by atoms with E-state index in [2.05, 4.69) is 15.4 Å². The molecular formula is C17H16N4O2. The van der Waals surface area contributed by atoms with E-state index in [-0.39, 0.29) is 5.91 Å². The van der Waals surface area contributed by atoms with Crippen LogP contribution in [0.4, 0.5) is 0 Å². The first-order chi connectivity index (χ1) is 11.2. The van der Waals surface area contributed by atoms with Gasteiger partial charge in [0.2, 0.25) is 5.91 Å². The van der Waals surface area contributed by atoms with Gasteiger partial charge in [-0.3, -0.25) is 14.5 Å². The second kappa shape index (κ2) is 6.74. The highest BCUT2D eigenvalue weighted by Gasteiger charge is 2.03. The van der Waals surface area contributed by atoms with Gasteiger partial charge in [0.05, 0.1) is 12.5 Å². The van der Waals surface area contributed by atoms with Crippen molar-refractivity contribution in [3.8, 4) is 11.1 Å². The number of carbonyl (C=O) groups excluding carboxylic acids is 1. The third kappa shape index (κ3) is 3.94. The topological polar surface area (TPSA) is 73.0 Å². The molecule has 0 unspecified atom stereocenters. The van der Waals surface area contributed by atoms with E-state index < -0.39 is 0 Å². The van der Waals surface area contributed by atoms with Gasteiger partial charge in [0.1, 0.15) is 5.76 Å². The third-order valence-electron chi connectivity index (χ3n) is 3.24. The number of pyridine rings is 1. The first-order valence-corrected chi connectivity index (χ1v) is 7.13. The van der Waals surface area contributed by atoms with Gasteiger partial charge >= 0.3 is 0 Å². The minimum atomic E-state index is -0.187. The van der Waals surface area contributed by atoms with Crippen molar-refractivity contribution < 1.29 is 9.21 Å². The minimum Gasteiger partial charge on any atom is -0.465 e. The molecule has 0 aliphatic carbocycles. The Hall–Kier alpha value is -3.15. The van der Waals surface area contributed by atoms with Crippen molar-refractivity contribution in [2.75, 3.05) is 0 Å². The standard InChI is InChI=1S/C17H16N4O2/c1-21-12-15(11-20-21)14-7-13(8-18-10-14)9-19-17(22)5-4-16-3-2-6-23-16/h2-8,10-12H,9H2,1H3,(H,19,22). The molecule has 3 rings (SSSR count). The van der Waals surface area contributed by atoms with Gasteiger partial charge in [0, 0.05) is 49.4 Å². The first kappa shape index (κ1) is 14.8. The highest BCUT2D eigenvalue weighted by molar-refractivity contribution is 5.91. The van der Waals surface area contributed by atoms with Crippen LogP contribution in [0, 0.1) is 0 Å². The van der Waals surface area contributed by atoms with Gasteiger partial charge < -0.3 is 9.73 Å². The fourth-order valence-corrected chi connectivity index (χ4v) is 2.10. The van der Waals surface area contributed by atoms with E-state index in [4.69, 9.17) is 4.42 Å². The maximum atomic E-state index is 11.8. The van der Waals surface area contributed by atoms with Gasteiger partial charge in [-0.15, -0.1) is 0 Å². The summed E-state index contributed by atoms with van der Waals surface area (Å²) in [6.45, 7) is 0.405. The number of hydrogen-bond donors (Lipinski definition) is 1. The molecule has 1 amide bonds. The van der Waals surface area contributed by atoms with Crippen LogP contribution >= 0.6 is 0 Å². The van der Waals surface area contributed by atoms with Crippen molar-refractivity contribution in [2.45, 2.75) is 6.54 Å². The molecule has 116 valence electrons. The Morgan fingerprint density at radius 1 is 1.35 bits per heavy atom. The zero-order valence-corrected chi connectivity index (χ0v) is 12.6. The molecule has 1 N–H and O–H groups in total. The highest BCUT2D eigenvalue weighted by Crippen LogP contribution is 2.18. The Kier molecular flexibility index (Phi) is 4.33. The van der Waals surface area contributed by atoms with E-state index in [0.29, 0.717) is 12.3 Å². The summed E-state index contributed by atoms with van der Waals surface area (Å²) in [6.07, 6.45) is 11.8. The second-order valence-electron chi connectivity index (χ2n) is 5.05. The number of nitrogens with zero attached hydrogens (tertiary/aromatic N) is 3. The maximum Gasteiger partial charge on any atom is 0.244 e. The molecule has 3 heterocycles. The number of aromatic nitrogens is 3. The lowest BCUT2D eigenvalue weighted by Gasteiger charge is -2.04. The van der Waals surface area contributed by atoms with Crippen LogP contribution in [0.5, 0.6) is 0 Å². The van der Waals surface area contributed by atoms with Crippen LogP contribution in [-0.2, 0) is 18.4 Å². The SMILES string of the molecule is Cn1cc(-c2cncc(CNC(=O)C=Cc3ccco3)c2)cn1. The van der Waals surface area contributed by atoms with Crippen LogP contribution in [0.2, 0.25) is 0 Å². The zero-order chi connectivity index (χ0) is 16.1. The molecule has 0 aliphatic heterocycles. The van der Waals surface area contributed by atoms with Crippen LogP contribution in [0.15, 0.2) is 59.7 Å². The normalized spacial score (nSPS) is 11.0. The predicted octanol–water partition coefficient (Wildman–Crippen LogP) is 2.40. The average Bonchev–Trinajstić information content (AvgIpc) is 3.23. The summed E-state index contributed by atoms with van der Waals surface area (Å²) in [4.78, 5) is 16.0. The van der Waals surface area contributed by atoms with E-state index in [1.165, 1.54) is 6.08 Å². The molecule has 3 aromatic rings. The number of amides is 1. The van der Waals surface area contributed by atoms with Gasteiger partial charge in [0.15, 0.2) is 0 Å². The Morgan fingerprint density at radius 3 is 3.00 bits per heavy atom. The van der Waals surface area contributed by atoms with Gasteiger partial charge in [-0.2, -0.15) is 5.10 Å². The number of furan rings is 1. The molecule has 0 fully saturated rings. The summed E-state index contributed by atoms with van der Waals surface area (Å²) in [6, 6.07) is 5.54. The molecule has 0 spiro atoms. The number of carbonyl (C=O) groups is 1. The largest absolute Gasteiger partial charge is 0.465 e. The van der Waals surface area contributed by atoms with E-state index in [1.54, 1.807) is 47.7 Å². The predicted molar refractivity (Wildman–Crippen MR) is 86.0 cm³/mol. The number of rotatable bonds is 5. The molecule has 0 radical (unpaired) electrons. The quantitative estimate of drug-likeness (QED) is 0.735. The van der Waals surface area contributed by atoms with Crippen molar-refractivity contribution in [3.63, 3.8) is 0 Å². The summed E-state index contributed by atoms with van der Waals surface area (Å²) in [7, 11) is 1.87. The summed E-state index contributed by atoms with van der Waals surface area (Å²) in [5, 5.41) is 6.96. The molecule has 0 aliphatic rings. The molecule has 0 saturated carbocycles. The zero-order valence-electron chi connectivity index (χ0n) is 12.6. The van der Waals surface area contributed by atoms with E-state index >= 15 is 0 Å². The fourth-order valence-electron chi connectivity index (χ4n) is 2.10. The van der Waals surface area contributed by atoms with Gasteiger partial charge in [-0.25, -0.2) is 0 Å². The first-order valence-electron chi connectivity index (χ1n) is 7.13. The Balaban J connectivity index is 1.61. The highest BCUT2D eigenvalue weighted by atomic mass is 16.3. The van der Waals surface area contributed by atoms with Crippen LogP contribution in [0.3, 0.4) is 0 Å². The summed E-state index contributed by atoms with van der Waals surface area (Å²) in [5.41, 5.74) is 2.88.